The molecule has 1 aromatic heterocycles. The van der Waals surface area contributed by atoms with E-state index in [1.165, 1.54) is 16.7 Å². The Balaban J connectivity index is 1.82. The Morgan fingerprint density at radius 1 is 1.24 bits per heavy atom. The minimum atomic E-state index is -1.04. The van der Waals surface area contributed by atoms with Crippen molar-refractivity contribution >= 4 is 17.1 Å². The van der Waals surface area contributed by atoms with Crippen LogP contribution in [-0.4, -0.2) is 53.4 Å². The van der Waals surface area contributed by atoms with Gasteiger partial charge in [-0.2, -0.15) is 0 Å². The molecular formula is C14H16N2O5. The zero-order chi connectivity index (χ0) is 14.8. The lowest BCUT2D eigenvalue weighted by Crippen LogP contribution is -2.38. The van der Waals surface area contributed by atoms with Crippen molar-refractivity contribution in [2.24, 2.45) is 0 Å². The molecule has 1 saturated heterocycles. The summed E-state index contributed by atoms with van der Waals surface area (Å²) in [6, 6.07) is 4.47. The number of oxazole rings is 1. The van der Waals surface area contributed by atoms with Crippen molar-refractivity contribution < 1.29 is 19.1 Å². The van der Waals surface area contributed by atoms with E-state index < -0.39 is 11.7 Å². The summed E-state index contributed by atoms with van der Waals surface area (Å²) in [4.78, 5) is 25.0. The standard InChI is InChI=1S/C14H16N2O5/c17-13(18)10-1-2-11-12(9-10)21-14(19)16(11)4-3-15-5-7-20-8-6-15/h1-2,9H,3-8H2,(H,17,18). The van der Waals surface area contributed by atoms with Gasteiger partial charge < -0.3 is 14.3 Å². The van der Waals surface area contributed by atoms with Gasteiger partial charge in [0.1, 0.15) is 0 Å². The van der Waals surface area contributed by atoms with E-state index in [1.54, 1.807) is 6.07 Å². The largest absolute Gasteiger partial charge is 0.478 e. The van der Waals surface area contributed by atoms with Crippen molar-refractivity contribution in [2.75, 3.05) is 32.8 Å². The van der Waals surface area contributed by atoms with Crippen molar-refractivity contribution in [1.82, 2.24) is 9.47 Å². The molecule has 2 heterocycles. The molecule has 2 aromatic rings. The second kappa shape index (κ2) is 5.71. The molecule has 1 aromatic carbocycles. The SMILES string of the molecule is O=C(O)c1ccc2c(c1)oc(=O)n2CCN1CCOCC1. The van der Waals surface area contributed by atoms with E-state index in [4.69, 9.17) is 14.3 Å². The molecule has 1 fully saturated rings. The Hall–Kier alpha value is -2.12. The first kappa shape index (κ1) is 13.8. The molecule has 0 unspecified atom stereocenters. The third kappa shape index (κ3) is 2.84. The van der Waals surface area contributed by atoms with Gasteiger partial charge in [-0.25, -0.2) is 9.59 Å². The predicted molar refractivity (Wildman–Crippen MR) is 74.7 cm³/mol. The quantitative estimate of drug-likeness (QED) is 0.889. The third-order valence-electron chi connectivity index (χ3n) is 3.66. The molecule has 1 aliphatic heterocycles. The maximum Gasteiger partial charge on any atom is 0.419 e. The van der Waals surface area contributed by atoms with Crippen LogP contribution in [0.4, 0.5) is 0 Å². The van der Waals surface area contributed by atoms with Crippen molar-refractivity contribution in [2.45, 2.75) is 6.54 Å². The number of morpholine rings is 1. The van der Waals surface area contributed by atoms with E-state index in [0.29, 0.717) is 30.9 Å². The number of hydrogen-bond acceptors (Lipinski definition) is 5. The van der Waals surface area contributed by atoms with Gasteiger partial charge in [0, 0.05) is 26.2 Å². The van der Waals surface area contributed by atoms with Gasteiger partial charge in [-0.1, -0.05) is 0 Å². The molecule has 1 aliphatic rings. The highest BCUT2D eigenvalue weighted by Crippen LogP contribution is 2.15. The van der Waals surface area contributed by atoms with Crippen molar-refractivity contribution in [3.05, 3.63) is 34.3 Å². The topological polar surface area (TPSA) is 84.9 Å². The molecular weight excluding hydrogens is 276 g/mol. The van der Waals surface area contributed by atoms with Crippen LogP contribution in [0.5, 0.6) is 0 Å². The van der Waals surface area contributed by atoms with Crippen LogP contribution in [0.25, 0.3) is 11.1 Å². The van der Waals surface area contributed by atoms with Gasteiger partial charge in [-0.3, -0.25) is 9.47 Å². The highest BCUT2D eigenvalue weighted by atomic mass is 16.5. The normalized spacial score (nSPS) is 16.4. The smallest absolute Gasteiger partial charge is 0.419 e. The van der Waals surface area contributed by atoms with Crippen LogP contribution in [0.2, 0.25) is 0 Å². The van der Waals surface area contributed by atoms with Crippen LogP contribution >= 0.6 is 0 Å². The van der Waals surface area contributed by atoms with Crippen LogP contribution in [0, 0.1) is 0 Å². The number of nitrogens with zero attached hydrogens (tertiary/aromatic N) is 2. The number of aromatic carboxylic acids is 1. The van der Waals surface area contributed by atoms with Crippen molar-refractivity contribution in [3.63, 3.8) is 0 Å². The van der Waals surface area contributed by atoms with Gasteiger partial charge in [-0.15, -0.1) is 0 Å². The summed E-state index contributed by atoms with van der Waals surface area (Å²) in [6.45, 7) is 4.38. The van der Waals surface area contributed by atoms with Crippen molar-refractivity contribution in [3.8, 4) is 0 Å². The van der Waals surface area contributed by atoms with Crippen LogP contribution < -0.4 is 5.76 Å². The maximum absolute atomic E-state index is 11.9. The average molecular weight is 292 g/mol. The second-order valence-corrected chi connectivity index (χ2v) is 4.96. The molecule has 7 nitrogen and oxygen atoms in total. The fourth-order valence-corrected chi connectivity index (χ4v) is 2.48. The van der Waals surface area contributed by atoms with E-state index in [1.807, 2.05) is 0 Å². The number of hydrogen-bond donors (Lipinski definition) is 1. The molecule has 1 N–H and O–H groups in total. The summed E-state index contributed by atoms with van der Waals surface area (Å²) in [6.07, 6.45) is 0. The van der Waals surface area contributed by atoms with Crippen molar-refractivity contribution in [1.29, 1.82) is 0 Å². The van der Waals surface area contributed by atoms with E-state index >= 15 is 0 Å². The molecule has 0 atom stereocenters. The minimum absolute atomic E-state index is 0.108. The molecule has 3 rings (SSSR count). The van der Waals surface area contributed by atoms with Gasteiger partial charge in [0.15, 0.2) is 5.58 Å². The number of carboxylic acids is 1. The first-order chi connectivity index (χ1) is 10.1. The average Bonchev–Trinajstić information content (AvgIpc) is 2.80. The van der Waals surface area contributed by atoms with Crippen LogP contribution in [0.15, 0.2) is 27.4 Å². The highest BCUT2D eigenvalue weighted by Gasteiger charge is 2.14. The summed E-state index contributed by atoms with van der Waals surface area (Å²) in [5.41, 5.74) is 1.04. The van der Waals surface area contributed by atoms with Crippen LogP contribution in [-0.2, 0) is 11.3 Å². The van der Waals surface area contributed by atoms with E-state index in [2.05, 4.69) is 4.90 Å². The molecule has 0 bridgehead atoms. The number of ether oxygens (including phenoxy) is 1. The van der Waals surface area contributed by atoms with Crippen LogP contribution in [0.3, 0.4) is 0 Å². The van der Waals surface area contributed by atoms with E-state index in [-0.39, 0.29) is 5.56 Å². The first-order valence-corrected chi connectivity index (χ1v) is 6.82. The molecule has 0 radical (unpaired) electrons. The van der Waals surface area contributed by atoms with Gasteiger partial charge in [0.2, 0.25) is 0 Å². The van der Waals surface area contributed by atoms with Gasteiger partial charge >= 0.3 is 11.7 Å². The van der Waals surface area contributed by atoms with E-state index in [0.717, 1.165) is 19.6 Å². The van der Waals surface area contributed by atoms with Crippen LogP contribution in [0.1, 0.15) is 10.4 Å². The number of carbonyl (C=O) groups is 1. The third-order valence-corrected chi connectivity index (χ3v) is 3.66. The fraction of sp³-hybridized carbons (Fsp3) is 0.429. The number of aromatic nitrogens is 1. The lowest BCUT2D eigenvalue weighted by molar-refractivity contribution is 0.0363. The lowest BCUT2D eigenvalue weighted by atomic mass is 10.2. The van der Waals surface area contributed by atoms with Gasteiger partial charge in [0.25, 0.3) is 0 Å². The number of fused-ring (bicyclic) bond motifs is 1. The Labute approximate surface area is 120 Å². The lowest BCUT2D eigenvalue weighted by Gasteiger charge is -2.26. The summed E-state index contributed by atoms with van der Waals surface area (Å²) < 4.78 is 12.0. The summed E-state index contributed by atoms with van der Waals surface area (Å²) in [5, 5.41) is 8.95. The first-order valence-electron chi connectivity index (χ1n) is 6.82. The molecule has 0 spiro atoms. The Morgan fingerprint density at radius 2 is 2.00 bits per heavy atom. The second-order valence-electron chi connectivity index (χ2n) is 4.96. The summed E-state index contributed by atoms with van der Waals surface area (Å²) in [5.74, 6) is -1.50. The fourth-order valence-electron chi connectivity index (χ4n) is 2.48. The highest BCUT2D eigenvalue weighted by molar-refractivity contribution is 5.91. The summed E-state index contributed by atoms with van der Waals surface area (Å²) in [7, 11) is 0. The molecule has 21 heavy (non-hydrogen) atoms. The molecule has 7 heteroatoms. The van der Waals surface area contributed by atoms with E-state index in [9.17, 15) is 9.59 Å². The molecule has 0 amide bonds. The Kier molecular flexibility index (Phi) is 3.76. The Morgan fingerprint density at radius 3 is 2.71 bits per heavy atom. The Bertz CT molecular complexity index is 712. The molecule has 0 saturated carbocycles. The number of benzene rings is 1. The molecule has 0 aliphatic carbocycles. The zero-order valence-corrected chi connectivity index (χ0v) is 11.4. The maximum atomic E-state index is 11.9. The van der Waals surface area contributed by atoms with Gasteiger partial charge in [-0.05, 0) is 18.2 Å². The predicted octanol–water partition coefficient (Wildman–Crippen LogP) is 0.625. The summed E-state index contributed by atoms with van der Waals surface area (Å²) >= 11 is 0. The number of carboxylic acid groups (broad SMARTS) is 1. The molecule has 112 valence electrons. The minimum Gasteiger partial charge on any atom is -0.478 e. The monoisotopic (exact) mass is 292 g/mol. The van der Waals surface area contributed by atoms with Gasteiger partial charge in [0.05, 0.1) is 24.3 Å². The zero-order valence-electron chi connectivity index (χ0n) is 11.4. The number of rotatable bonds is 4.